The third-order valence-corrected chi connectivity index (χ3v) is 10.6. The predicted octanol–water partition coefficient (Wildman–Crippen LogP) is 5.88. The number of aromatic hydroxyl groups is 1. The van der Waals surface area contributed by atoms with Crippen molar-refractivity contribution in [2.75, 3.05) is 27.9 Å². The number of nitrogens with one attached hydrogen (secondary N) is 1. The molecule has 3 aromatic carbocycles. The van der Waals surface area contributed by atoms with Gasteiger partial charge in [0, 0.05) is 57.5 Å². The first kappa shape index (κ1) is 35.4. The molecule has 0 aliphatic rings. The molecule has 1 aromatic heterocycles. The van der Waals surface area contributed by atoms with Crippen LogP contribution in [0.4, 0.5) is 0 Å². The molecule has 4 aromatic rings. The molecule has 0 spiro atoms. The Labute approximate surface area is 276 Å². The molecule has 0 saturated carbocycles. The standard InChI is InChI=1S/C35H42N4O7Si/c1-22-9-12-27(24(3)19-22)33-37-34(28-13-10-23(2)20-25(28)4)39-35(38-33)29-14-11-26(21-30(29)40)46-32(42)16-15-31(41)36-17-8-18-47(43-5,44-6)45-7/h9-14,19-21,40H,8,15-18H2,1-7H3,(H,36,41). The maximum atomic E-state index is 12.5. The second-order valence-corrected chi connectivity index (χ2v) is 14.4. The number of rotatable bonds is 14. The molecule has 0 atom stereocenters. The van der Waals surface area contributed by atoms with Gasteiger partial charge in [0.15, 0.2) is 17.5 Å². The molecule has 1 amide bonds. The van der Waals surface area contributed by atoms with Gasteiger partial charge in [0.25, 0.3) is 0 Å². The van der Waals surface area contributed by atoms with Gasteiger partial charge in [-0.05, 0) is 57.4 Å². The van der Waals surface area contributed by atoms with Gasteiger partial charge < -0.3 is 28.4 Å². The Hall–Kier alpha value is -4.49. The molecular formula is C35H42N4O7Si. The minimum atomic E-state index is -2.70. The molecule has 12 heteroatoms. The monoisotopic (exact) mass is 658 g/mol. The maximum absolute atomic E-state index is 12.5. The van der Waals surface area contributed by atoms with Gasteiger partial charge in [0.1, 0.15) is 11.5 Å². The molecule has 0 saturated heterocycles. The van der Waals surface area contributed by atoms with Crippen molar-refractivity contribution in [2.45, 2.75) is 53.0 Å². The highest BCUT2D eigenvalue weighted by Crippen LogP contribution is 2.34. The summed E-state index contributed by atoms with van der Waals surface area (Å²) in [7, 11) is 1.91. The van der Waals surface area contributed by atoms with E-state index in [1.165, 1.54) is 27.4 Å². The van der Waals surface area contributed by atoms with Crippen LogP contribution in [0.1, 0.15) is 41.5 Å². The third-order valence-electron chi connectivity index (χ3n) is 7.79. The zero-order valence-electron chi connectivity index (χ0n) is 28.0. The Bertz CT molecular complexity index is 1670. The van der Waals surface area contributed by atoms with Crippen LogP contribution in [0.5, 0.6) is 11.5 Å². The van der Waals surface area contributed by atoms with Crippen molar-refractivity contribution in [1.29, 1.82) is 0 Å². The summed E-state index contributed by atoms with van der Waals surface area (Å²) in [6, 6.07) is 17.1. The van der Waals surface area contributed by atoms with Gasteiger partial charge in [0.2, 0.25) is 5.91 Å². The minimum Gasteiger partial charge on any atom is -0.507 e. The van der Waals surface area contributed by atoms with Crippen LogP contribution in [0, 0.1) is 27.7 Å². The fraction of sp³-hybridized carbons (Fsp3) is 0.343. The second-order valence-electron chi connectivity index (χ2n) is 11.3. The van der Waals surface area contributed by atoms with E-state index in [2.05, 4.69) is 17.4 Å². The predicted molar refractivity (Wildman–Crippen MR) is 181 cm³/mol. The van der Waals surface area contributed by atoms with E-state index in [1.54, 1.807) is 12.1 Å². The van der Waals surface area contributed by atoms with Crippen molar-refractivity contribution in [3.63, 3.8) is 0 Å². The number of hydrogen-bond donors (Lipinski definition) is 2. The van der Waals surface area contributed by atoms with Crippen molar-refractivity contribution >= 4 is 20.7 Å². The molecule has 0 aliphatic carbocycles. The van der Waals surface area contributed by atoms with Gasteiger partial charge in [-0.25, -0.2) is 15.0 Å². The minimum absolute atomic E-state index is 0.0441. The van der Waals surface area contributed by atoms with E-state index in [1.807, 2.05) is 52.0 Å². The molecule has 0 unspecified atom stereocenters. The van der Waals surface area contributed by atoms with E-state index in [9.17, 15) is 14.7 Å². The number of amides is 1. The summed E-state index contributed by atoms with van der Waals surface area (Å²) < 4.78 is 21.5. The Morgan fingerprint density at radius 1 is 0.723 bits per heavy atom. The molecular weight excluding hydrogens is 616 g/mol. The molecule has 11 nitrogen and oxygen atoms in total. The molecule has 248 valence electrons. The van der Waals surface area contributed by atoms with Gasteiger partial charge in [-0.15, -0.1) is 0 Å². The van der Waals surface area contributed by atoms with Crippen LogP contribution < -0.4 is 10.1 Å². The highest BCUT2D eigenvalue weighted by atomic mass is 28.4. The molecule has 1 heterocycles. The van der Waals surface area contributed by atoms with E-state index in [0.717, 1.165) is 33.4 Å². The zero-order chi connectivity index (χ0) is 34.1. The number of hydrogen-bond acceptors (Lipinski definition) is 10. The molecule has 2 N–H and O–H groups in total. The number of aryl methyl sites for hydroxylation is 4. The van der Waals surface area contributed by atoms with Crippen molar-refractivity contribution in [3.8, 4) is 45.7 Å². The topological polar surface area (TPSA) is 142 Å². The molecule has 47 heavy (non-hydrogen) atoms. The number of ether oxygens (including phenoxy) is 1. The number of phenols is 1. The highest BCUT2D eigenvalue weighted by molar-refractivity contribution is 6.60. The Kier molecular flexibility index (Phi) is 11.9. The number of carbonyl (C=O) groups excluding carboxylic acids is 2. The number of esters is 1. The molecule has 0 aliphatic heterocycles. The van der Waals surface area contributed by atoms with Gasteiger partial charge in [-0.2, -0.15) is 0 Å². The number of benzene rings is 3. The van der Waals surface area contributed by atoms with E-state index in [0.29, 0.717) is 36.2 Å². The lowest BCUT2D eigenvalue weighted by Crippen LogP contribution is -2.43. The van der Waals surface area contributed by atoms with Crippen LogP contribution in [0.3, 0.4) is 0 Å². The normalized spacial score (nSPS) is 11.4. The largest absolute Gasteiger partial charge is 0.507 e. The van der Waals surface area contributed by atoms with Crippen LogP contribution in [-0.2, 0) is 22.9 Å². The van der Waals surface area contributed by atoms with Gasteiger partial charge >= 0.3 is 14.8 Å². The lowest BCUT2D eigenvalue weighted by molar-refractivity contribution is -0.136. The lowest BCUT2D eigenvalue weighted by atomic mass is 10.0. The summed E-state index contributed by atoms with van der Waals surface area (Å²) >= 11 is 0. The Morgan fingerprint density at radius 3 is 1.72 bits per heavy atom. The second kappa shape index (κ2) is 15.9. The molecule has 0 bridgehead atoms. The smallest absolute Gasteiger partial charge is 0.500 e. The number of aromatic nitrogens is 3. The summed E-state index contributed by atoms with van der Waals surface area (Å²) in [6.07, 6.45) is 0.424. The lowest BCUT2D eigenvalue weighted by Gasteiger charge is -2.24. The van der Waals surface area contributed by atoms with Crippen LogP contribution >= 0.6 is 0 Å². The van der Waals surface area contributed by atoms with E-state index in [-0.39, 0.29) is 36.1 Å². The average molecular weight is 659 g/mol. The zero-order valence-corrected chi connectivity index (χ0v) is 29.0. The first-order valence-corrected chi connectivity index (χ1v) is 17.3. The fourth-order valence-corrected chi connectivity index (χ4v) is 6.93. The van der Waals surface area contributed by atoms with Gasteiger partial charge in [0.05, 0.1) is 12.0 Å². The van der Waals surface area contributed by atoms with Crippen molar-refractivity contribution in [3.05, 3.63) is 76.9 Å². The highest BCUT2D eigenvalue weighted by Gasteiger charge is 2.36. The van der Waals surface area contributed by atoms with Gasteiger partial charge in [-0.1, -0.05) is 47.5 Å². The maximum Gasteiger partial charge on any atom is 0.500 e. The van der Waals surface area contributed by atoms with Crippen molar-refractivity contribution < 1.29 is 32.7 Å². The van der Waals surface area contributed by atoms with Crippen LogP contribution in [0.25, 0.3) is 34.2 Å². The average Bonchev–Trinajstić information content (AvgIpc) is 3.04. The molecule has 0 radical (unpaired) electrons. The van der Waals surface area contributed by atoms with E-state index in [4.69, 9.17) is 33.0 Å². The van der Waals surface area contributed by atoms with Crippen molar-refractivity contribution in [1.82, 2.24) is 20.3 Å². The summed E-state index contributed by atoms with van der Waals surface area (Å²) in [5.74, 6) is 0.315. The fourth-order valence-electron chi connectivity index (χ4n) is 5.21. The quantitative estimate of drug-likeness (QED) is 0.0730. The van der Waals surface area contributed by atoms with Crippen LogP contribution in [-0.4, -0.2) is 68.6 Å². The summed E-state index contributed by atoms with van der Waals surface area (Å²) in [5.41, 5.74) is 6.34. The Balaban J connectivity index is 1.47. The van der Waals surface area contributed by atoms with Gasteiger partial charge in [-0.3, -0.25) is 9.59 Å². The Morgan fingerprint density at radius 2 is 1.23 bits per heavy atom. The number of carbonyl (C=O) groups is 2. The summed E-state index contributed by atoms with van der Waals surface area (Å²) in [4.78, 5) is 39.1. The van der Waals surface area contributed by atoms with Crippen molar-refractivity contribution in [2.24, 2.45) is 0 Å². The van der Waals surface area contributed by atoms with E-state index < -0.39 is 14.8 Å². The summed E-state index contributed by atoms with van der Waals surface area (Å²) in [6.45, 7) is 8.46. The first-order valence-electron chi connectivity index (χ1n) is 15.3. The molecule has 0 fully saturated rings. The van der Waals surface area contributed by atoms with Crippen LogP contribution in [0.15, 0.2) is 54.6 Å². The van der Waals surface area contributed by atoms with E-state index >= 15 is 0 Å². The number of phenolic OH excluding ortho intramolecular Hbond substituents is 1. The SMILES string of the molecule is CO[Si](CCCNC(=O)CCC(=O)Oc1ccc(-c2nc(-c3ccc(C)cc3C)nc(-c3ccc(C)cc3C)n2)c(O)c1)(OC)OC. The first-order chi connectivity index (χ1) is 22.5. The summed E-state index contributed by atoms with van der Waals surface area (Å²) in [5, 5.41) is 13.8. The molecule has 4 rings (SSSR count). The third kappa shape index (κ3) is 9.07. The number of nitrogens with zero attached hydrogens (tertiary/aromatic N) is 3. The van der Waals surface area contributed by atoms with Crippen LogP contribution in [0.2, 0.25) is 6.04 Å².